The Kier molecular flexibility index (Phi) is 7.01. The number of guanidine groups is 1. The zero-order valence-corrected chi connectivity index (χ0v) is 16.1. The van der Waals surface area contributed by atoms with Gasteiger partial charge in [0.2, 0.25) is 0 Å². The highest BCUT2D eigenvalue weighted by Gasteiger charge is 2.01. The summed E-state index contributed by atoms with van der Waals surface area (Å²) < 4.78 is 1.70. The van der Waals surface area contributed by atoms with Crippen LogP contribution in [0.4, 0.5) is 0 Å². The van der Waals surface area contributed by atoms with Gasteiger partial charge in [0.15, 0.2) is 5.96 Å². The first-order valence-corrected chi connectivity index (χ1v) is 9.46. The zero-order valence-electron chi connectivity index (χ0n) is 16.1. The van der Waals surface area contributed by atoms with E-state index in [4.69, 9.17) is 0 Å². The number of hydrogen-bond donors (Lipinski definition) is 2. The Morgan fingerprint density at radius 1 is 0.857 bits per heavy atom. The van der Waals surface area contributed by atoms with Crippen LogP contribution in [0.15, 0.2) is 88.8 Å². The van der Waals surface area contributed by atoms with Crippen molar-refractivity contribution >= 4 is 5.96 Å². The van der Waals surface area contributed by atoms with Crippen LogP contribution in [-0.2, 0) is 19.5 Å². The van der Waals surface area contributed by atoms with E-state index in [0.29, 0.717) is 13.1 Å². The minimum atomic E-state index is 0.0126. The van der Waals surface area contributed by atoms with Crippen LogP contribution in [0.2, 0.25) is 0 Å². The van der Waals surface area contributed by atoms with E-state index >= 15 is 0 Å². The first-order valence-electron chi connectivity index (χ1n) is 9.46. The summed E-state index contributed by atoms with van der Waals surface area (Å²) >= 11 is 0. The molecule has 0 saturated heterocycles. The van der Waals surface area contributed by atoms with Gasteiger partial charge in [0, 0.05) is 32.4 Å². The zero-order chi connectivity index (χ0) is 19.6. The predicted molar refractivity (Wildman–Crippen MR) is 115 cm³/mol. The second kappa shape index (κ2) is 10.1. The maximum atomic E-state index is 11.8. The summed E-state index contributed by atoms with van der Waals surface area (Å²) in [5, 5.41) is 6.67. The molecule has 3 aromatic rings. The third-order valence-electron chi connectivity index (χ3n) is 4.51. The van der Waals surface area contributed by atoms with E-state index < -0.39 is 0 Å². The summed E-state index contributed by atoms with van der Waals surface area (Å²) in [5.41, 5.74) is 3.58. The molecule has 1 aromatic heterocycles. The predicted octanol–water partition coefficient (Wildman–Crippen LogP) is 2.80. The van der Waals surface area contributed by atoms with Gasteiger partial charge >= 0.3 is 0 Å². The molecule has 0 aliphatic rings. The van der Waals surface area contributed by atoms with Crippen molar-refractivity contribution in [3.8, 4) is 0 Å². The molecule has 2 aromatic carbocycles. The maximum Gasteiger partial charge on any atom is 0.250 e. The number of aliphatic imine (C=N–C) groups is 1. The van der Waals surface area contributed by atoms with Crippen molar-refractivity contribution in [1.29, 1.82) is 0 Å². The Morgan fingerprint density at radius 2 is 1.57 bits per heavy atom. The Labute approximate surface area is 165 Å². The molecule has 0 saturated carbocycles. The number of rotatable bonds is 7. The van der Waals surface area contributed by atoms with Crippen LogP contribution in [0.5, 0.6) is 0 Å². The minimum absolute atomic E-state index is 0.0126. The Balaban J connectivity index is 1.46. The number of hydrogen-bond acceptors (Lipinski definition) is 2. The number of nitrogens with zero attached hydrogens (tertiary/aromatic N) is 2. The molecule has 0 radical (unpaired) electrons. The first-order chi connectivity index (χ1) is 13.7. The van der Waals surface area contributed by atoms with Crippen molar-refractivity contribution in [1.82, 2.24) is 15.2 Å². The highest BCUT2D eigenvalue weighted by atomic mass is 16.1. The molecule has 5 heteroatoms. The topological polar surface area (TPSA) is 58.4 Å². The third-order valence-corrected chi connectivity index (χ3v) is 4.51. The molecule has 5 nitrogen and oxygen atoms in total. The van der Waals surface area contributed by atoms with Gasteiger partial charge < -0.3 is 15.2 Å². The lowest BCUT2D eigenvalue weighted by molar-refractivity contribution is 0.758. The quantitative estimate of drug-likeness (QED) is 0.494. The first kappa shape index (κ1) is 19.4. The summed E-state index contributed by atoms with van der Waals surface area (Å²) in [6.07, 6.45) is 2.76. The lowest BCUT2D eigenvalue weighted by atomic mass is 10.1. The van der Waals surface area contributed by atoms with Gasteiger partial charge in [0.25, 0.3) is 5.56 Å². The van der Waals surface area contributed by atoms with Crippen molar-refractivity contribution < 1.29 is 0 Å². The molecule has 0 aliphatic heterocycles. The second-order valence-corrected chi connectivity index (χ2v) is 6.57. The summed E-state index contributed by atoms with van der Waals surface area (Å²) in [6, 6.07) is 23.9. The molecular weight excluding hydrogens is 348 g/mol. The molecule has 1 heterocycles. The molecule has 0 atom stereocenters. The molecule has 0 aliphatic carbocycles. The van der Waals surface area contributed by atoms with E-state index in [1.807, 2.05) is 18.3 Å². The van der Waals surface area contributed by atoms with Crippen molar-refractivity contribution in [2.75, 3.05) is 13.6 Å². The Bertz CT molecular complexity index is 946. The lowest BCUT2D eigenvalue weighted by Gasteiger charge is -2.12. The van der Waals surface area contributed by atoms with Crippen molar-refractivity contribution in [3.63, 3.8) is 0 Å². The van der Waals surface area contributed by atoms with E-state index in [1.54, 1.807) is 23.7 Å². The SMILES string of the molecule is CN=C(NCCc1ccccc1)NCc1ccc(Cn2ccccc2=O)cc1. The standard InChI is InChI=1S/C23H26N4O/c1-24-23(25-15-14-19-7-3-2-4-8-19)26-17-20-10-12-21(13-11-20)18-27-16-6-5-9-22(27)28/h2-13,16H,14-15,17-18H2,1H3,(H2,24,25,26). The van der Waals surface area contributed by atoms with E-state index in [1.165, 1.54) is 5.56 Å². The van der Waals surface area contributed by atoms with Crippen LogP contribution in [0, 0.1) is 0 Å². The maximum absolute atomic E-state index is 11.8. The Hall–Kier alpha value is -3.34. The van der Waals surface area contributed by atoms with Gasteiger partial charge in [-0.3, -0.25) is 9.79 Å². The third kappa shape index (κ3) is 5.84. The van der Waals surface area contributed by atoms with E-state index in [9.17, 15) is 4.79 Å². The minimum Gasteiger partial charge on any atom is -0.356 e. The van der Waals surface area contributed by atoms with Gasteiger partial charge in [-0.2, -0.15) is 0 Å². The molecule has 2 N–H and O–H groups in total. The molecule has 0 unspecified atom stereocenters. The second-order valence-electron chi connectivity index (χ2n) is 6.57. The van der Waals surface area contributed by atoms with Gasteiger partial charge in [0.1, 0.15) is 0 Å². The van der Waals surface area contributed by atoms with Crippen LogP contribution >= 0.6 is 0 Å². The fourth-order valence-electron chi connectivity index (χ4n) is 2.93. The van der Waals surface area contributed by atoms with Crippen molar-refractivity contribution in [3.05, 3.63) is 106 Å². The molecule has 144 valence electrons. The van der Waals surface area contributed by atoms with Crippen LogP contribution in [0.3, 0.4) is 0 Å². The van der Waals surface area contributed by atoms with Crippen LogP contribution < -0.4 is 16.2 Å². The molecule has 0 amide bonds. The summed E-state index contributed by atoms with van der Waals surface area (Å²) in [4.78, 5) is 16.1. The van der Waals surface area contributed by atoms with Gasteiger partial charge in [0.05, 0.1) is 6.54 Å². The molecule has 0 bridgehead atoms. The number of benzene rings is 2. The number of pyridine rings is 1. The van der Waals surface area contributed by atoms with Crippen LogP contribution in [0.25, 0.3) is 0 Å². The largest absolute Gasteiger partial charge is 0.356 e. The summed E-state index contributed by atoms with van der Waals surface area (Å²) in [6.45, 7) is 2.10. The highest BCUT2D eigenvalue weighted by Crippen LogP contribution is 2.06. The fourth-order valence-corrected chi connectivity index (χ4v) is 2.93. The van der Waals surface area contributed by atoms with E-state index in [-0.39, 0.29) is 5.56 Å². The summed E-state index contributed by atoms with van der Waals surface area (Å²) in [7, 11) is 1.78. The van der Waals surface area contributed by atoms with Crippen LogP contribution in [-0.4, -0.2) is 24.1 Å². The van der Waals surface area contributed by atoms with Crippen molar-refractivity contribution in [2.45, 2.75) is 19.5 Å². The van der Waals surface area contributed by atoms with Gasteiger partial charge in [-0.25, -0.2) is 0 Å². The van der Waals surface area contributed by atoms with Crippen molar-refractivity contribution in [2.24, 2.45) is 4.99 Å². The van der Waals surface area contributed by atoms with E-state index in [0.717, 1.165) is 30.1 Å². The highest BCUT2D eigenvalue weighted by molar-refractivity contribution is 5.79. The molecule has 28 heavy (non-hydrogen) atoms. The normalized spacial score (nSPS) is 11.2. The number of aromatic nitrogens is 1. The fraction of sp³-hybridized carbons (Fsp3) is 0.217. The molecule has 0 fully saturated rings. The monoisotopic (exact) mass is 374 g/mol. The molecule has 3 rings (SSSR count). The number of nitrogens with one attached hydrogen (secondary N) is 2. The van der Waals surface area contributed by atoms with Gasteiger partial charge in [-0.15, -0.1) is 0 Å². The molecular formula is C23H26N4O. The Morgan fingerprint density at radius 3 is 2.29 bits per heavy atom. The van der Waals surface area contributed by atoms with Gasteiger partial charge in [-0.05, 0) is 29.2 Å². The lowest BCUT2D eigenvalue weighted by Crippen LogP contribution is -2.37. The van der Waals surface area contributed by atoms with Gasteiger partial charge in [-0.1, -0.05) is 60.7 Å². The molecule has 0 spiro atoms. The van der Waals surface area contributed by atoms with Crippen LogP contribution in [0.1, 0.15) is 16.7 Å². The average molecular weight is 374 g/mol. The van der Waals surface area contributed by atoms with E-state index in [2.05, 4.69) is 64.2 Å². The average Bonchev–Trinajstić information content (AvgIpc) is 2.74. The summed E-state index contributed by atoms with van der Waals surface area (Å²) in [5.74, 6) is 0.788. The smallest absolute Gasteiger partial charge is 0.250 e.